The van der Waals surface area contributed by atoms with E-state index in [1.54, 1.807) is 4.90 Å². The second-order valence-corrected chi connectivity index (χ2v) is 4.85. The summed E-state index contributed by atoms with van der Waals surface area (Å²) in [6, 6.07) is -1.29. The van der Waals surface area contributed by atoms with Gasteiger partial charge in [0.25, 0.3) is 0 Å². The van der Waals surface area contributed by atoms with Gasteiger partial charge in [-0.1, -0.05) is 0 Å². The summed E-state index contributed by atoms with van der Waals surface area (Å²) < 4.78 is 0. The number of hydrogen-bond donors (Lipinski definition) is 2. The van der Waals surface area contributed by atoms with E-state index >= 15 is 0 Å². The van der Waals surface area contributed by atoms with Crippen molar-refractivity contribution in [3.8, 4) is 0 Å². The fourth-order valence-electron chi connectivity index (χ4n) is 1.83. The van der Waals surface area contributed by atoms with Crippen LogP contribution < -0.4 is 5.32 Å². The number of amides is 3. The van der Waals surface area contributed by atoms with Crippen molar-refractivity contribution in [1.82, 2.24) is 15.1 Å². The summed E-state index contributed by atoms with van der Waals surface area (Å²) >= 11 is 0. The molecule has 2 N–H and O–H groups in total. The molecule has 0 spiro atoms. The van der Waals surface area contributed by atoms with Crippen LogP contribution in [0.4, 0.5) is 4.79 Å². The molecule has 0 aromatic rings. The van der Waals surface area contributed by atoms with E-state index in [2.05, 4.69) is 5.32 Å². The predicted octanol–water partition coefficient (Wildman–Crippen LogP) is 0.748. The zero-order valence-electron chi connectivity index (χ0n) is 12.8. The molecule has 0 aliphatic rings. The van der Waals surface area contributed by atoms with Crippen molar-refractivity contribution in [2.75, 3.05) is 19.6 Å². The molecule has 7 nitrogen and oxygen atoms in total. The lowest BCUT2D eigenvalue weighted by Crippen LogP contribution is -2.53. The van der Waals surface area contributed by atoms with Crippen molar-refractivity contribution in [2.45, 2.75) is 46.7 Å². The molecule has 3 amide bonds. The number of hydrogen-bond acceptors (Lipinski definition) is 3. The molecule has 7 heteroatoms. The maximum absolute atomic E-state index is 12.4. The first-order valence-corrected chi connectivity index (χ1v) is 6.76. The first-order chi connectivity index (χ1) is 9.22. The smallest absolute Gasteiger partial charge is 0.326 e. The molecule has 0 radical (unpaired) electrons. The van der Waals surface area contributed by atoms with Crippen LogP contribution in [0.1, 0.15) is 34.6 Å². The fraction of sp³-hybridized carbons (Fsp3) is 0.769. The summed E-state index contributed by atoms with van der Waals surface area (Å²) in [6.45, 7) is 9.32. The Morgan fingerprint density at radius 2 is 1.70 bits per heavy atom. The number of carboxylic acid groups (broad SMARTS) is 1. The van der Waals surface area contributed by atoms with E-state index in [4.69, 9.17) is 5.11 Å². The van der Waals surface area contributed by atoms with Gasteiger partial charge < -0.3 is 20.2 Å². The molecule has 116 valence electrons. The maximum Gasteiger partial charge on any atom is 0.326 e. The Labute approximate surface area is 119 Å². The molecule has 1 atom stereocenters. The van der Waals surface area contributed by atoms with Gasteiger partial charge in [0.05, 0.1) is 0 Å². The van der Waals surface area contributed by atoms with Crippen LogP contribution in [0.3, 0.4) is 0 Å². The van der Waals surface area contributed by atoms with E-state index in [0.29, 0.717) is 6.54 Å². The van der Waals surface area contributed by atoms with Crippen LogP contribution in [0, 0.1) is 0 Å². The highest BCUT2D eigenvalue weighted by Gasteiger charge is 2.29. The third-order valence-corrected chi connectivity index (χ3v) is 3.01. The predicted molar refractivity (Wildman–Crippen MR) is 75.4 cm³/mol. The Morgan fingerprint density at radius 1 is 1.15 bits per heavy atom. The lowest BCUT2D eigenvalue weighted by atomic mass is 10.2. The third-order valence-electron chi connectivity index (χ3n) is 3.01. The Hall–Kier alpha value is -1.79. The number of carbonyl (C=O) groups is 3. The molecule has 0 heterocycles. The van der Waals surface area contributed by atoms with E-state index in [-0.39, 0.29) is 31.1 Å². The molecule has 1 unspecified atom stereocenters. The average Bonchev–Trinajstić information content (AvgIpc) is 2.33. The molecular weight excluding hydrogens is 262 g/mol. The van der Waals surface area contributed by atoms with Crippen LogP contribution in [0.15, 0.2) is 0 Å². The number of carbonyl (C=O) groups excluding carboxylic acids is 2. The minimum absolute atomic E-state index is 0.0169. The minimum Gasteiger partial charge on any atom is -0.480 e. The zero-order chi connectivity index (χ0) is 15.9. The zero-order valence-corrected chi connectivity index (χ0v) is 12.8. The van der Waals surface area contributed by atoms with Crippen molar-refractivity contribution in [3.63, 3.8) is 0 Å². The monoisotopic (exact) mass is 287 g/mol. The largest absolute Gasteiger partial charge is 0.480 e. The molecular formula is C13H25N3O4. The Kier molecular flexibility index (Phi) is 7.64. The Morgan fingerprint density at radius 3 is 2.05 bits per heavy atom. The summed E-state index contributed by atoms with van der Waals surface area (Å²) in [4.78, 5) is 37.2. The normalized spacial score (nSPS) is 11.9. The van der Waals surface area contributed by atoms with E-state index in [0.717, 1.165) is 0 Å². The molecule has 0 rings (SSSR count). The van der Waals surface area contributed by atoms with E-state index in [9.17, 15) is 14.4 Å². The fourth-order valence-corrected chi connectivity index (χ4v) is 1.83. The molecule has 0 aliphatic heterocycles. The first kappa shape index (κ1) is 18.2. The molecule has 0 saturated carbocycles. The molecule has 0 aromatic carbocycles. The van der Waals surface area contributed by atoms with Gasteiger partial charge in [0, 0.05) is 32.6 Å². The standard InChI is InChI=1S/C13H25N3O4/c1-6-15(9(2)3)13(20)16(10(4)12(18)19)8-7-14-11(5)17/h9-10H,6-8H2,1-5H3,(H,14,17)(H,18,19). The van der Waals surface area contributed by atoms with Gasteiger partial charge in [-0.25, -0.2) is 9.59 Å². The van der Waals surface area contributed by atoms with Gasteiger partial charge in [-0.05, 0) is 27.7 Å². The topological polar surface area (TPSA) is 90.0 Å². The summed E-state index contributed by atoms with van der Waals surface area (Å²) in [6.07, 6.45) is 0. The van der Waals surface area contributed by atoms with Crippen molar-refractivity contribution in [2.24, 2.45) is 0 Å². The van der Waals surface area contributed by atoms with Gasteiger partial charge in [-0.3, -0.25) is 4.79 Å². The summed E-state index contributed by atoms with van der Waals surface area (Å²) in [5, 5.41) is 11.7. The van der Waals surface area contributed by atoms with E-state index < -0.39 is 12.0 Å². The highest BCUT2D eigenvalue weighted by atomic mass is 16.4. The maximum atomic E-state index is 12.4. The van der Waals surface area contributed by atoms with Gasteiger partial charge in [0.15, 0.2) is 0 Å². The van der Waals surface area contributed by atoms with Gasteiger partial charge in [0.1, 0.15) is 6.04 Å². The van der Waals surface area contributed by atoms with Crippen LogP contribution in [-0.4, -0.2) is 64.5 Å². The summed E-state index contributed by atoms with van der Waals surface area (Å²) in [5.41, 5.74) is 0. The SMILES string of the molecule is CCN(C(=O)N(CCNC(C)=O)C(C)C(=O)O)C(C)C. The van der Waals surface area contributed by atoms with Gasteiger partial charge in [-0.2, -0.15) is 0 Å². The Bertz CT molecular complexity index is 358. The minimum atomic E-state index is -1.07. The summed E-state index contributed by atoms with van der Waals surface area (Å²) in [5.74, 6) is -1.28. The van der Waals surface area contributed by atoms with Crippen LogP contribution in [0.2, 0.25) is 0 Å². The Balaban J connectivity index is 4.95. The van der Waals surface area contributed by atoms with Gasteiger partial charge in [0.2, 0.25) is 5.91 Å². The van der Waals surface area contributed by atoms with Crippen molar-refractivity contribution >= 4 is 17.9 Å². The molecule has 0 fully saturated rings. The quantitative estimate of drug-likeness (QED) is 0.723. The van der Waals surface area contributed by atoms with E-state index in [1.165, 1.54) is 18.7 Å². The number of rotatable bonds is 7. The van der Waals surface area contributed by atoms with Crippen LogP contribution in [-0.2, 0) is 9.59 Å². The van der Waals surface area contributed by atoms with Crippen LogP contribution >= 0.6 is 0 Å². The summed E-state index contributed by atoms with van der Waals surface area (Å²) in [7, 11) is 0. The molecule has 0 aromatic heterocycles. The van der Waals surface area contributed by atoms with E-state index in [1.807, 2.05) is 20.8 Å². The molecule has 20 heavy (non-hydrogen) atoms. The first-order valence-electron chi connectivity index (χ1n) is 6.76. The average molecular weight is 287 g/mol. The number of aliphatic carboxylic acids is 1. The van der Waals surface area contributed by atoms with Crippen LogP contribution in [0.5, 0.6) is 0 Å². The number of carboxylic acids is 1. The highest BCUT2D eigenvalue weighted by molar-refractivity contribution is 5.82. The number of nitrogens with one attached hydrogen (secondary N) is 1. The molecule has 0 aliphatic carbocycles. The second kappa shape index (κ2) is 8.39. The van der Waals surface area contributed by atoms with Gasteiger partial charge >= 0.3 is 12.0 Å². The second-order valence-electron chi connectivity index (χ2n) is 4.85. The number of urea groups is 1. The van der Waals surface area contributed by atoms with Gasteiger partial charge in [-0.15, -0.1) is 0 Å². The molecule has 0 bridgehead atoms. The van der Waals surface area contributed by atoms with Crippen LogP contribution in [0.25, 0.3) is 0 Å². The lowest BCUT2D eigenvalue weighted by Gasteiger charge is -2.34. The number of nitrogens with zero attached hydrogens (tertiary/aromatic N) is 2. The molecule has 0 saturated heterocycles. The van der Waals surface area contributed by atoms with Crippen molar-refractivity contribution in [3.05, 3.63) is 0 Å². The van der Waals surface area contributed by atoms with Crippen molar-refractivity contribution < 1.29 is 19.5 Å². The highest BCUT2D eigenvalue weighted by Crippen LogP contribution is 2.08. The third kappa shape index (κ3) is 5.46. The lowest BCUT2D eigenvalue weighted by molar-refractivity contribution is -0.141. The van der Waals surface area contributed by atoms with Crippen molar-refractivity contribution in [1.29, 1.82) is 0 Å².